The third-order valence-corrected chi connectivity index (χ3v) is 3.42. The van der Waals surface area contributed by atoms with Crippen molar-refractivity contribution in [1.29, 1.82) is 0 Å². The van der Waals surface area contributed by atoms with E-state index in [9.17, 15) is 0 Å². The van der Waals surface area contributed by atoms with Gasteiger partial charge in [-0.25, -0.2) is 0 Å². The quantitative estimate of drug-likeness (QED) is 0.730. The number of hydrogen-bond acceptors (Lipinski definition) is 1. The van der Waals surface area contributed by atoms with E-state index in [2.05, 4.69) is 55.3 Å². The van der Waals surface area contributed by atoms with E-state index < -0.39 is 0 Å². The van der Waals surface area contributed by atoms with Crippen molar-refractivity contribution < 1.29 is 0 Å². The summed E-state index contributed by atoms with van der Waals surface area (Å²) in [7, 11) is 2.23. The first-order valence-electron chi connectivity index (χ1n) is 6.21. The van der Waals surface area contributed by atoms with Gasteiger partial charge in [0, 0.05) is 6.04 Å². The molecule has 0 bridgehead atoms. The molecule has 0 aliphatic carbocycles. The summed E-state index contributed by atoms with van der Waals surface area (Å²) < 4.78 is 0. The van der Waals surface area contributed by atoms with Crippen LogP contribution in [0.1, 0.15) is 30.4 Å². The zero-order valence-corrected chi connectivity index (χ0v) is 10.3. The molecule has 1 fully saturated rings. The van der Waals surface area contributed by atoms with E-state index in [4.69, 9.17) is 0 Å². The molecule has 86 valence electrons. The first-order valence-corrected chi connectivity index (χ1v) is 6.21. The van der Waals surface area contributed by atoms with Gasteiger partial charge in [0.15, 0.2) is 0 Å². The highest BCUT2D eigenvalue weighted by Gasteiger charge is 2.15. The van der Waals surface area contributed by atoms with Crippen LogP contribution in [0, 0.1) is 6.92 Å². The standard InChI is InChI=1S/C15H21N/c1-13-6-8-14(9-7-13)10-11-15-5-3-4-12-16(15)2/h6-11,15H,3-5,12H2,1-2H3/b11-10+. The molecule has 1 aliphatic heterocycles. The van der Waals surface area contributed by atoms with Crippen LogP contribution in [-0.2, 0) is 0 Å². The lowest BCUT2D eigenvalue weighted by Crippen LogP contribution is -2.34. The number of likely N-dealkylation sites (tertiary alicyclic amines) is 1. The molecule has 1 aromatic carbocycles. The van der Waals surface area contributed by atoms with E-state index in [-0.39, 0.29) is 0 Å². The molecule has 1 atom stereocenters. The molecule has 1 heteroatoms. The lowest BCUT2D eigenvalue weighted by Gasteiger charge is -2.30. The van der Waals surface area contributed by atoms with Gasteiger partial charge in [-0.1, -0.05) is 48.4 Å². The van der Waals surface area contributed by atoms with E-state index in [0.29, 0.717) is 6.04 Å². The van der Waals surface area contributed by atoms with Crippen molar-refractivity contribution in [3.05, 3.63) is 41.5 Å². The molecule has 0 amide bonds. The molecule has 1 aliphatic rings. The topological polar surface area (TPSA) is 3.24 Å². The van der Waals surface area contributed by atoms with Crippen LogP contribution in [-0.4, -0.2) is 24.5 Å². The van der Waals surface area contributed by atoms with Gasteiger partial charge in [-0.15, -0.1) is 0 Å². The van der Waals surface area contributed by atoms with Gasteiger partial charge in [-0.05, 0) is 38.9 Å². The highest BCUT2D eigenvalue weighted by Crippen LogP contribution is 2.17. The molecule has 1 saturated heterocycles. The second kappa shape index (κ2) is 5.31. The lowest BCUT2D eigenvalue weighted by atomic mass is 10.0. The first-order chi connectivity index (χ1) is 7.75. The minimum Gasteiger partial charge on any atom is -0.300 e. The molecule has 0 spiro atoms. The fourth-order valence-corrected chi connectivity index (χ4v) is 2.24. The summed E-state index contributed by atoms with van der Waals surface area (Å²) in [4.78, 5) is 2.45. The molecular formula is C15H21N. The van der Waals surface area contributed by atoms with Gasteiger partial charge in [0.05, 0.1) is 0 Å². The van der Waals surface area contributed by atoms with Gasteiger partial charge in [-0.3, -0.25) is 4.90 Å². The fourth-order valence-electron chi connectivity index (χ4n) is 2.24. The number of nitrogens with zero attached hydrogens (tertiary/aromatic N) is 1. The maximum atomic E-state index is 2.45. The van der Waals surface area contributed by atoms with Crippen LogP contribution < -0.4 is 0 Å². The van der Waals surface area contributed by atoms with Gasteiger partial charge in [-0.2, -0.15) is 0 Å². The van der Waals surface area contributed by atoms with Crippen molar-refractivity contribution in [3.63, 3.8) is 0 Å². The molecule has 0 aromatic heterocycles. The van der Waals surface area contributed by atoms with E-state index in [1.54, 1.807) is 0 Å². The molecule has 0 N–H and O–H groups in total. The van der Waals surface area contributed by atoms with Crippen molar-refractivity contribution in [3.8, 4) is 0 Å². The van der Waals surface area contributed by atoms with Crippen LogP contribution in [0.3, 0.4) is 0 Å². The third-order valence-electron chi connectivity index (χ3n) is 3.42. The van der Waals surface area contributed by atoms with Crippen LogP contribution in [0.5, 0.6) is 0 Å². The van der Waals surface area contributed by atoms with Crippen LogP contribution in [0.4, 0.5) is 0 Å². The molecule has 1 aromatic rings. The highest BCUT2D eigenvalue weighted by atomic mass is 15.1. The zero-order chi connectivity index (χ0) is 11.4. The van der Waals surface area contributed by atoms with Gasteiger partial charge in [0.25, 0.3) is 0 Å². The highest BCUT2D eigenvalue weighted by molar-refractivity contribution is 5.50. The van der Waals surface area contributed by atoms with E-state index in [1.807, 2.05) is 0 Å². The summed E-state index contributed by atoms with van der Waals surface area (Å²) in [5, 5.41) is 0. The summed E-state index contributed by atoms with van der Waals surface area (Å²) >= 11 is 0. The molecule has 0 radical (unpaired) electrons. The Kier molecular flexibility index (Phi) is 3.79. The molecular weight excluding hydrogens is 194 g/mol. The smallest absolute Gasteiger partial charge is 0.0278 e. The van der Waals surface area contributed by atoms with Crippen LogP contribution in [0.15, 0.2) is 30.3 Å². The average molecular weight is 215 g/mol. The van der Waals surface area contributed by atoms with Gasteiger partial charge < -0.3 is 0 Å². The Labute approximate surface area is 98.8 Å². The number of hydrogen-bond donors (Lipinski definition) is 0. The summed E-state index contributed by atoms with van der Waals surface area (Å²) in [6.45, 7) is 3.37. The van der Waals surface area contributed by atoms with Crippen LogP contribution >= 0.6 is 0 Å². The Bertz CT molecular complexity index is 350. The monoisotopic (exact) mass is 215 g/mol. The Morgan fingerprint density at radius 1 is 1.19 bits per heavy atom. The fraction of sp³-hybridized carbons (Fsp3) is 0.467. The van der Waals surface area contributed by atoms with E-state index in [1.165, 1.54) is 36.9 Å². The molecule has 1 heterocycles. The molecule has 1 nitrogen and oxygen atoms in total. The van der Waals surface area contributed by atoms with Crippen molar-refractivity contribution >= 4 is 6.08 Å². The lowest BCUT2D eigenvalue weighted by molar-refractivity contribution is 0.222. The van der Waals surface area contributed by atoms with Gasteiger partial charge in [0.2, 0.25) is 0 Å². The van der Waals surface area contributed by atoms with Crippen molar-refractivity contribution in [2.75, 3.05) is 13.6 Å². The predicted octanol–water partition coefficient (Wildman–Crippen LogP) is 3.49. The third kappa shape index (κ3) is 2.96. The Hall–Kier alpha value is -1.08. The van der Waals surface area contributed by atoms with Gasteiger partial charge in [0.1, 0.15) is 0 Å². The number of rotatable bonds is 2. The van der Waals surface area contributed by atoms with E-state index >= 15 is 0 Å². The average Bonchev–Trinajstić information content (AvgIpc) is 2.30. The first kappa shape index (κ1) is 11.4. The van der Waals surface area contributed by atoms with Crippen LogP contribution in [0.2, 0.25) is 0 Å². The summed E-state index contributed by atoms with van der Waals surface area (Å²) in [5.41, 5.74) is 2.64. The molecule has 0 saturated carbocycles. The van der Waals surface area contributed by atoms with Crippen molar-refractivity contribution in [1.82, 2.24) is 4.90 Å². The summed E-state index contributed by atoms with van der Waals surface area (Å²) in [5.74, 6) is 0. The maximum absolute atomic E-state index is 2.45. The summed E-state index contributed by atoms with van der Waals surface area (Å²) in [6.07, 6.45) is 8.63. The minimum absolute atomic E-state index is 0.634. The minimum atomic E-state index is 0.634. The largest absolute Gasteiger partial charge is 0.300 e. The maximum Gasteiger partial charge on any atom is 0.0278 e. The van der Waals surface area contributed by atoms with Crippen molar-refractivity contribution in [2.45, 2.75) is 32.2 Å². The second-order valence-corrected chi connectivity index (χ2v) is 4.81. The Morgan fingerprint density at radius 3 is 2.62 bits per heavy atom. The predicted molar refractivity (Wildman–Crippen MR) is 70.5 cm³/mol. The Morgan fingerprint density at radius 2 is 1.94 bits per heavy atom. The summed E-state index contributed by atoms with van der Waals surface area (Å²) in [6, 6.07) is 9.35. The number of likely N-dealkylation sites (N-methyl/N-ethyl adjacent to an activating group) is 1. The number of aryl methyl sites for hydroxylation is 1. The van der Waals surface area contributed by atoms with E-state index in [0.717, 1.165) is 0 Å². The van der Waals surface area contributed by atoms with Crippen molar-refractivity contribution in [2.24, 2.45) is 0 Å². The molecule has 16 heavy (non-hydrogen) atoms. The van der Waals surface area contributed by atoms with Crippen LogP contribution in [0.25, 0.3) is 6.08 Å². The zero-order valence-electron chi connectivity index (χ0n) is 10.3. The normalized spacial score (nSPS) is 22.8. The molecule has 1 unspecified atom stereocenters. The van der Waals surface area contributed by atoms with Gasteiger partial charge >= 0.3 is 0 Å². The number of piperidine rings is 1. The number of benzene rings is 1. The molecule has 2 rings (SSSR count). The second-order valence-electron chi connectivity index (χ2n) is 4.81. The SMILES string of the molecule is Cc1ccc(/C=C/C2CCCCN2C)cc1. The Balaban J connectivity index is 2.00.